The van der Waals surface area contributed by atoms with Crippen LogP contribution in [0.5, 0.6) is 0 Å². The van der Waals surface area contributed by atoms with Crippen LogP contribution in [-0.2, 0) is 9.53 Å². The summed E-state index contributed by atoms with van der Waals surface area (Å²) in [6.07, 6.45) is 0.0145. The fourth-order valence-electron chi connectivity index (χ4n) is 3.23. The van der Waals surface area contributed by atoms with E-state index in [1.54, 1.807) is 0 Å². The van der Waals surface area contributed by atoms with Crippen molar-refractivity contribution < 1.29 is 14.3 Å². The van der Waals surface area contributed by atoms with Crippen LogP contribution in [0.3, 0.4) is 0 Å². The molecule has 2 amide bonds. The molecule has 0 unspecified atom stereocenters. The molecule has 132 valence electrons. The van der Waals surface area contributed by atoms with Gasteiger partial charge in [0.15, 0.2) is 0 Å². The number of nitrogens with one attached hydrogen (secondary N) is 2. The van der Waals surface area contributed by atoms with Gasteiger partial charge in [-0.2, -0.15) is 0 Å². The molecule has 5 nitrogen and oxygen atoms in total. The van der Waals surface area contributed by atoms with Crippen molar-refractivity contribution in [3.63, 3.8) is 0 Å². The largest absolute Gasteiger partial charge is 0.444 e. The maximum absolute atomic E-state index is 12.2. The zero-order chi connectivity index (χ0) is 18.0. The predicted octanol–water partition coefficient (Wildman–Crippen LogP) is 2.39. The summed E-state index contributed by atoms with van der Waals surface area (Å²) in [5.74, 6) is 0.0544. The van der Waals surface area contributed by atoms with Gasteiger partial charge in [-0.25, -0.2) is 4.79 Å². The Kier molecular flexibility index (Phi) is 5.37. The second kappa shape index (κ2) is 6.97. The molecule has 24 heavy (non-hydrogen) atoms. The van der Waals surface area contributed by atoms with E-state index < -0.39 is 19.8 Å². The van der Waals surface area contributed by atoms with Gasteiger partial charge in [-0.05, 0) is 26.3 Å². The monoisotopic (exact) mass is 348 g/mol. The number of carbonyl (C=O) groups is 2. The van der Waals surface area contributed by atoms with Gasteiger partial charge in [0.2, 0.25) is 5.91 Å². The molecule has 2 N–H and O–H groups in total. The van der Waals surface area contributed by atoms with Crippen molar-refractivity contribution in [1.29, 1.82) is 0 Å². The van der Waals surface area contributed by atoms with Gasteiger partial charge in [0.1, 0.15) is 5.60 Å². The summed E-state index contributed by atoms with van der Waals surface area (Å²) < 4.78 is 5.39. The lowest BCUT2D eigenvalue weighted by molar-refractivity contribution is -0.122. The van der Waals surface area contributed by atoms with Gasteiger partial charge in [0.25, 0.3) is 0 Å². The second-order valence-electron chi connectivity index (χ2n) is 7.96. The fraction of sp³-hybridized carbons (Fsp3) is 0.556. The molecule has 1 aromatic rings. The molecule has 1 aliphatic rings. The van der Waals surface area contributed by atoms with Crippen LogP contribution in [-0.4, -0.2) is 38.3 Å². The van der Waals surface area contributed by atoms with Crippen molar-refractivity contribution in [3.05, 3.63) is 30.3 Å². The third-order valence-electron chi connectivity index (χ3n) is 4.56. The molecule has 1 aliphatic heterocycles. The number of piperidine rings is 1. The first-order valence-corrected chi connectivity index (χ1v) is 11.5. The number of rotatable bonds is 3. The van der Waals surface area contributed by atoms with Crippen molar-refractivity contribution in [3.8, 4) is 0 Å². The van der Waals surface area contributed by atoms with Gasteiger partial charge in [-0.15, -0.1) is 0 Å². The summed E-state index contributed by atoms with van der Waals surface area (Å²) in [6, 6.07) is 10.2. The molecular weight excluding hydrogens is 320 g/mol. The number of amides is 2. The minimum atomic E-state index is -1.94. The zero-order valence-corrected chi connectivity index (χ0v) is 16.2. The Morgan fingerprint density at radius 3 is 2.46 bits per heavy atom. The third-order valence-corrected chi connectivity index (χ3v) is 8.84. The number of alkyl carbamates (subject to hydrolysis) is 1. The van der Waals surface area contributed by atoms with Crippen LogP contribution < -0.4 is 15.8 Å². The Hall–Kier alpha value is -1.82. The number of benzene rings is 1. The minimum absolute atomic E-state index is 0.0544. The summed E-state index contributed by atoms with van der Waals surface area (Å²) in [6.45, 7) is 10.5. The average Bonchev–Trinajstić information content (AvgIpc) is 2.48. The summed E-state index contributed by atoms with van der Waals surface area (Å²) in [5, 5.41) is 7.14. The first-order chi connectivity index (χ1) is 11.1. The van der Waals surface area contributed by atoms with E-state index in [2.05, 4.69) is 35.9 Å². The lowest BCUT2D eigenvalue weighted by Crippen LogP contribution is -2.61. The fourth-order valence-corrected chi connectivity index (χ4v) is 6.61. The van der Waals surface area contributed by atoms with Crippen LogP contribution >= 0.6 is 0 Å². The highest BCUT2D eigenvalue weighted by atomic mass is 28.3. The van der Waals surface area contributed by atoms with Gasteiger partial charge in [0.05, 0.1) is 14.1 Å². The molecule has 1 aromatic carbocycles. The van der Waals surface area contributed by atoms with Crippen LogP contribution in [0.2, 0.25) is 18.6 Å². The molecule has 0 saturated carbocycles. The molecule has 0 aliphatic carbocycles. The Morgan fingerprint density at radius 1 is 1.25 bits per heavy atom. The summed E-state index contributed by atoms with van der Waals surface area (Å²) in [7, 11) is -1.94. The maximum atomic E-state index is 12.2. The highest BCUT2D eigenvalue weighted by Crippen LogP contribution is 2.31. The molecule has 6 heteroatoms. The van der Waals surface area contributed by atoms with E-state index >= 15 is 0 Å². The Morgan fingerprint density at radius 2 is 1.88 bits per heavy atom. The van der Waals surface area contributed by atoms with Gasteiger partial charge < -0.3 is 15.4 Å². The third kappa shape index (κ3) is 4.60. The molecule has 0 aromatic heterocycles. The number of hydrogen-bond acceptors (Lipinski definition) is 3. The highest BCUT2D eigenvalue weighted by Gasteiger charge is 2.43. The lowest BCUT2D eigenvalue weighted by atomic mass is 10.1. The summed E-state index contributed by atoms with van der Waals surface area (Å²) in [5.41, 5.74) is -0.412. The summed E-state index contributed by atoms with van der Waals surface area (Å²) >= 11 is 0. The number of hydrogen-bond donors (Lipinski definition) is 2. The Balaban J connectivity index is 2.20. The second-order valence-corrected chi connectivity index (χ2v) is 12.7. The standard InChI is InChI=1S/C18H28N2O3Si/c1-18(2,3)23-17(22)20-14-12-19-16(21)11-15(14)24(4,5)13-9-7-6-8-10-13/h6-10,14-15H,11-12H2,1-5H3,(H,19,21)(H,20,22)/t14-,15+/m0/s1. The van der Waals surface area contributed by atoms with E-state index in [-0.39, 0.29) is 17.5 Å². The van der Waals surface area contributed by atoms with Gasteiger partial charge in [-0.1, -0.05) is 48.6 Å². The van der Waals surface area contributed by atoms with Crippen molar-refractivity contribution in [2.75, 3.05) is 6.54 Å². The molecule has 0 spiro atoms. The molecule has 0 radical (unpaired) electrons. The van der Waals surface area contributed by atoms with E-state index in [0.29, 0.717) is 13.0 Å². The van der Waals surface area contributed by atoms with Crippen LogP contribution in [0.1, 0.15) is 27.2 Å². The van der Waals surface area contributed by atoms with Crippen LogP contribution in [0.15, 0.2) is 30.3 Å². The lowest BCUT2D eigenvalue weighted by Gasteiger charge is -2.41. The van der Waals surface area contributed by atoms with Gasteiger partial charge in [-0.3, -0.25) is 4.79 Å². The maximum Gasteiger partial charge on any atom is 0.407 e. The van der Waals surface area contributed by atoms with E-state index in [1.807, 2.05) is 39.0 Å². The molecule has 1 heterocycles. The van der Waals surface area contributed by atoms with Crippen molar-refractivity contribution in [1.82, 2.24) is 10.6 Å². The molecule has 2 rings (SSSR count). The first kappa shape index (κ1) is 18.5. The van der Waals surface area contributed by atoms with Crippen molar-refractivity contribution in [2.24, 2.45) is 0 Å². The van der Waals surface area contributed by atoms with Crippen LogP contribution in [0.4, 0.5) is 4.79 Å². The van der Waals surface area contributed by atoms with Crippen LogP contribution in [0, 0.1) is 0 Å². The van der Waals surface area contributed by atoms with E-state index in [9.17, 15) is 9.59 Å². The first-order valence-electron chi connectivity index (χ1n) is 8.41. The van der Waals surface area contributed by atoms with E-state index in [4.69, 9.17) is 4.74 Å². The SMILES string of the molecule is CC(C)(C)OC(=O)N[C@H]1CNC(=O)C[C@H]1[Si](C)(C)c1ccccc1. The molecular formula is C18H28N2O3Si. The minimum Gasteiger partial charge on any atom is -0.444 e. The molecule has 0 bridgehead atoms. The average molecular weight is 349 g/mol. The van der Waals surface area contributed by atoms with Gasteiger partial charge in [0, 0.05) is 13.0 Å². The van der Waals surface area contributed by atoms with E-state index in [1.165, 1.54) is 5.19 Å². The smallest absolute Gasteiger partial charge is 0.407 e. The Bertz CT molecular complexity index is 596. The highest BCUT2D eigenvalue weighted by molar-refractivity contribution is 6.91. The number of ether oxygens (including phenoxy) is 1. The topological polar surface area (TPSA) is 67.4 Å². The Labute approximate surface area is 145 Å². The zero-order valence-electron chi connectivity index (χ0n) is 15.2. The normalized spacial score (nSPS) is 21.8. The van der Waals surface area contributed by atoms with Crippen molar-refractivity contribution in [2.45, 2.75) is 57.5 Å². The molecule has 1 saturated heterocycles. The van der Waals surface area contributed by atoms with E-state index in [0.717, 1.165) is 0 Å². The molecule has 2 atom stereocenters. The summed E-state index contributed by atoms with van der Waals surface area (Å²) in [4.78, 5) is 24.2. The number of carbonyl (C=O) groups excluding carboxylic acids is 2. The quantitative estimate of drug-likeness (QED) is 0.824. The van der Waals surface area contributed by atoms with Gasteiger partial charge >= 0.3 is 6.09 Å². The predicted molar refractivity (Wildman–Crippen MR) is 98.1 cm³/mol. The van der Waals surface area contributed by atoms with Crippen LogP contribution in [0.25, 0.3) is 0 Å². The molecule has 1 fully saturated rings. The van der Waals surface area contributed by atoms with Crippen molar-refractivity contribution >= 4 is 25.3 Å².